The third kappa shape index (κ3) is 4.39. The minimum Gasteiger partial charge on any atom is -0.465 e. The minimum atomic E-state index is -0.817. The maximum Gasteiger partial charge on any atom is 0.302 e. The summed E-state index contributed by atoms with van der Waals surface area (Å²) in [7, 11) is 0. The minimum absolute atomic E-state index is 0.101. The highest BCUT2D eigenvalue weighted by molar-refractivity contribution is 5.66. The van der Waals surface area contributed by atoms with Gasteiger partial charge in [-0.05, 0) is 119 Å². The van der Waals surface area contributed by atoms with E-state index in [4.69, 9.17) is 14.2 Å². The van der Waals surface area contributed by atoms with Crippen LogP contribution in [0.3, 0.4) is 0 Å². The number of rotatable bonds is 5. The molecule has 0 amide bonds. The first kappa shape index (κ1) is 30.3. The van der Waals surface area contributed by atoms with Crippen LogP contribution in [-0.2, 0) is 23.8 Å². The lowest BCUT2D eigenvalue weighted by Gasteiger charge is -2.70. The van der Waals surface area contributed by atoms with E-state index in [1.54, 1.807) is 0 Å². The number of hydrogen-bond acceptors (Lipinski definition) is 6. The molecule has 0 bridgehead atoms. The fourth-order valence-electron chi connectivity index (χ4n) is 11.7. The van der Waals surface area contributed by atoms with Gasteiger partial charge in [-0.15, -0.1) is 0 Å². The van der Waals surface area contributed by atoms with Crippen molar-refractivity contribution < 1.29 is 28.9 Å². The summed E-state index contributed by atoms with van der Waals surface area (Å²) in [6.07, 6.45) is 10.4. The van der Waals surface area contributed by atoms with E-state index >= 15 is 0 Å². The van der Waals surface area contributed by atoms with Crippen molar-refractivity contribution in [1.82, 2.24) is 0 Å². The van der Waals surface area contributed by atoms with E-state index in [9.17, 15) is 14.7 Å². The summed E-state index contributed by atoms with van der Waals surface area (Å²) < 4.78 is 18.6. The topological polar surface area (TPSA) is 82.1 Å². The molecule has 1 N–H and O–H groups in total. The number of carbonyl (C=O) groups excluding carboxylic acids is 2. The van der Waals surface area contributed by atoms with Gasteiger partial charge in [0.05, 0.1) is 23.9 Å². The van der Waals surface area contributed by atoms with E-state index in [1.165, 1.54) is 33.1 Å². The molecule has 1 aliphatic heterocycles. The van der Waals surface area contributed by atoms with Gasteiger partial charge in [-0.2, -0.15) is 0 Å². The number of aliphatic hydroxyl groups is 1. The highest BCUT2D eigenvalue weighted by Crippen LogP contribution is 2.76. The summed E-state index contributed by atoms with van der Waals surface area (Å²) in [5, 5.41) is 10.7. The van der Waals surface area contributed by atoms with Crippen molar-refractivity contribution in [1.29, 1.82) is 0 Å². The molecule has 6 nitrogen and oxygen atoms in total. The van der Waals surface area contributed by atoms with Gasteiger partial charge in [-0.3, -0.25) is 9.59 Å². The largest absolute Gasteiger partial charge is 0.465 e. The van der Waals surface area contributed by atoms with Gasteiger partial charge in [0.1, 0.15) is 6.10 Å². The standard InChI is InChI=1S/C34H56O6/c1-21(35)38-20-34-19-15-27(39-22(2)36)29(3,4)25(34)13-17-32(8)26(34)11-10-23-24(12-16-31(23,32)7)33(9)18-14-28(40-33)30(5,6)37/h23-28,37H,10-20H2,1-9H3/t23-,24+,25+,26+,27?,28+,31-,32-,33+,34-/m1/s1. The number of carbonyl (C=O) groups is 2. The van der Waals surface area contributed by atoms with Crippen molar-refractivity contribution in [3.63, 3.8) is 0 Å². The molecule has 0 spiro atoms. The zero-order valence-corrected chi connectivity index (χ0v) is 26.7. The Morgan fingerprint density at radius 3 is 2.08 bits per heavy atom. The van der Waals surface area contributed by atoms with Crippen LogP contribution in [0.1, 0.15) is 127 Å². The second-order valence-electron chi connectivity index (χ2n) is 16.4. The molecule has 0 radical (unpaired) electrons. The van der Waals surface area contributed by atoms with E-state index in [0.717, 1.165) is 44.9 Å². The molecule has 4 saturated carbocycles. The number of ether oxygens (including phenoxy) is 3. The zero-order chi connectivity index (χ0) is 29.5. The Balaban J connectivity index is 1.48. The molecule has 1 saturated heterocycles. The summed E-state index contributed by atoms with van der Waals surface area (Å²) in [5.41, 5.74) is -0.972. The fraction of sp³-hybridized carbons (Fsp3) is 0.941. The Hall–Kier alpha value is -1.14. The summed E-state index contributed by atoms with van der Waals surface area (Å²) in [6.45, 7) is 19.3. The maximum absolute atomic E-state index is 12.2. The van der Waals surface area contributed by atoms with Crippen molar-refractivity contribution in [3.8, 4) is 0 Å². The summed E-state index contributed by atoms with van der Waals surface area (Å²) >= 11 is 0. The van der Waals surface area contributed by atoms with Crippen molar-refractivity contribution in [3.05, 3.63) is 0 Å². The fourth-order valence-corrected chi connectivity index (χ4v) is 11.7. The second kappa shape index (κ2) is 9.69. The molecule has 4 aliphatic carbocycles. The molecule has 228 valence electrons. The van der Waals surface area contributed by atoms with Crippen molar-refractivity contribution >= 4 is 11.9 Å². The Bertz CT molecular complexity index is 1010. The predicted molar refractivity (Wildman–Crippen MR) is 154 cm³/mol. The quantitative estimate of drug-likeness (QED) is 0.370. The van der Waals surface area contributed by atoms with Gasteiger partial charge in [-0.25, -0.2) is 0 Å². The lowest BCUT2D eigenvalue weighted by atomic mass is 9.35. The van der Waals surface area contributed by atoms with Crippen molar-refractivity contribution in [2.24, 2.45) is 45.3 Å². The molecular weight excluding hydrogens is 504 g/mol. The van der Waals surface area contributed by atoms with Crippen LogP contribution in [0, 0.1) is 45.3 Å². The van der Waals surface area contributed by atoms with Gasteiger partial charge < -0.3 is 19.3 Å². The second-order valence-corrected chi connectivity index (χ2v) is 16.4. The van der Waals surface area contributed by atoms with Gasteiger partial charge in [0.25, 0.3) is 0 Å². The smallest absolute Gasteiger partial charge is 0.302 e. The SMILES string of the molecule is CC(=O)OC[C@]12CCC(OC(C)=O)C(C)(C)[C@@H]1CC[C@]1(C)[C@@H]2CC[C@@H]2[C@@H]([C@]3(C)CC[C@@H](C(C)(C)O)O3)CC[C@]21C. The monoisotopic (exact) mass is 560 g/mol. The number of hydrogen-bond donors (Lipinski definition) is 1. The first-order valence-electron chi connectivity index (χ1n) is 16.1. The van der Waals surface area contributed by atoms with Crippen LogP contribution in [0.5, 0.6) is 0 Å². The van der Waals surface area contributed by atoms with Crippen LogP contribution < -0.4 is 0 Å². The molecule has 5 rings (SSSR count). The van der Waals surface area contributed by atoms with Gasteiger partial charge in [0.15, 0.2) is 0 Å². The average molecular weight is 561 g/mol. The van der Waals surface area contributed by atoms with Gasteiger partial charge >= 0.3 is 11.9 Å². The van der Waals surface area contributed by atoms with Crippen LogP contribution in [0.25, 0.3) is 0 Å². The van der Waals surface area contributed by atoms with Crippen molar-refractivity contribution in [2.75, 3.05) is 6.61 Å². The van der Waals surface area contributed by atoms with Crippen LogP contribution in [0.2, 0.25) is 0 Å². The Labute approximate surface area is 242 Å². The first-order valence-corrected chi connectivity index (χ1v) is 16.1. The van der Waals surface area contributed by atoms with Crippen LogP contribution in [0.15, 0.2) is 0 Å². The highest BCUT2D eigenvalue weighted by Gasteiger charge is 2.71. The van der Waals surface area contributed by atoms with E-state index < -0.39 is 5.60 Å². The molecule has 0 aromatic heterocycles. The lowest BCUT2D eigenvalue weighted by molar-refractivity contribution is -0.248. The Morgan fingerprint density at radius 2 is 1.48 bits per heavy atom. The number of fused-ring (bicyclic) bond motifs is 5. The van der Waals surface area contributed by atoms with E-state index in [1.807, 2.05) is 13.8 Å². The number of esters is 2. The van der Waals surface area contributed by atoms with Crippen molar-refractivity contribution in [2.45, 2.75) is 150 Å². The average Bonchev–Trinajstić information content (AvgIpc) is 3.41. The predicted octanol–water partition coefficient (Wildman–Crippen LogP) is 6.86. The maximum atomic E-state index is 12.2. The zero-order valence-electron chi connectivity index (χ0n) is 26.7. The normalized spacial score (nSPS) is 48.0. The first-order chi connectivity index (χ1) is 18.4. The Morgan fingerprint density at radius 1 is 0.800 bits per heavy atom. The van der Waals surface area contributed by atoms with Crippen LogP contribution in [-0.4, -0.2) is 47.1 Å². The van der Waals surface area contributed by atoms with Gasteiger partial charge in [0, 0.05) is 24.7 Å². The van der Waals surface area contributed by atoms with E-state index in [2.05, 4.69) is 34.6 Å². The Kier molecular flexibility index (Phi) is 7.35. The van der Waals surface area contributed by atoms with Crippen LogP contribution in [0.4, 0.5) is 0 Å². The highest BCUT2D eigenvalue weighted by atomic mass is 16.5. The van der Waals surface area contributed by atoms with E-state index in [0.29, 0.717) is 30.3 Å². The molecule has 0 aromatic carbocycles. The molecule has 1 unspecified atom stereocenters. The molecule has 10 atom stereocenters. The van der Waals surface area contributed by atoms with E-state index in [-0.39, 0.29) is 51.4 Å². The molecular formula is C34H56O6. The van der Waals surface area contributed by atoms with Gasteiger partial charge in [-0.1, -0.05) is 27.7 Å². The third-order valence-electron chi connectivity index (χ3n) is 13.8. The molecule has 5 fully saturated rings. The molecule has 1 heterocycles. The van der Waals surface area contributed by atoms with Crippen LogP contribution >= 0.6 is 0 Å². The lowest BCUT2D eigenvalue weighted by Crippen LogP contribution is -2.66. The molecule has 6 heteroatoms. The molecule has 0 aromatic rings. The summed E-state index contributed by atoms with van der Waals surface area (Å²) in [6, 6.07) is 0. The third-order valence-corrected chi connectivity index (χ3v) is 13.8. The summed E-state index contributed by atoms with van der Waals surface area (Å²) in [5.74, 6) is 1.47. The molecule has 40 heavy (non-hydrogen) atoms. The van der Waals surface area contributed by atoms with Gasteiger partial charge in [0.2, 0.25) is 0 Å². The summed E-state index contributed by atoms with van der Waals surface area (Å²) in [4.78, 5) is 24.2. The molecule has 5 aliphatic rings.